The van der Waals surface area contributed by atoms with Crippen molar-refractivity contribution >= 4 is 22.7 Å². The molecule has 72 valence electrons. The Bertz CT molecular complexity index is 327. The molecule has 0 bridgehead atoms. The first kappa shape index (κ1) is 10.7. The summed E-state index contributed by atoms with van der Waals surface area (Å²) < 4.78 is 20.7. The summed E-state index contributed by atoms with van der Waals surface area (Å²) in [5, 5.41) is 9.25. The van der Waals surface area contributed by atoms with Crippen LogP contribution in [0.4, 0.5) is 0 Å². The van der Waals surface area contributed by atoms with Gasteiger partial charge in [0.15, 0.2) is 0 Å². The van der Waals surface area contributed by atoms with E-state index in [9.17, 15) is 8.76 Å². The summed E-state index contributed by atoms with van der Waals surface area (Å²) in [6.07, 6.45) is 0. The molecule has 0 radical (unpaired) electrons. The van der Waals surface area contributed by atoms with Crippen molar-refractivity contribution in [1.29, 1.82) is 0 Å². The largest absolute Gasteiger partial charge is 0.772 e. The first-order valence-electron chi connectivity index (χ1n) is 3.57. The number of rotatable bonds is 3. The van der Waals surface area contributed by atoms with Crippen LogP contribution in [0, 0.1) is 0 Å². The summed E-state index contributed by atoms with van der Waals surface area (Å²) in [6.45, 7) is -0.140. The Hall–Kier alpha value is -0.420. The van der Waals surface area contributed by atoms with E-state index in [4.69, 9.17) is 16.7 Å². The molecule has 1 N–H and O–H groups in total. The molecule has 1 aromatic rings. The molecule has 0 aliphatic carbocycles. The van der Waals surface area contributed by atoms with Crippen molar-refractivity contribution in [2.75, 3.05) is 0 Å². The Kier molecular flexibility index (Phi) is 3.87. The predicted molar refractivity (Wildman–Crippen MR) is 50.0 cm³/mol. The molecule has 0 amide bonds. The van der Waals surface area contributed by atoms with E-state index in [2.05, 4.69) is 0 Å². The SMILES string of the molecule is O=S([O-])Cc1cc(Cl)cc(CO)c1. The Morgan fingerprint density at radius 1 is 1.38 bits per heavy atom. The van der Waals surface area contributed by atoms with Gasteiger partial charge in [0.25, 0.3) is 0 Å². The normalized spacial score (nSPS) is 12.8. The van der Waals surface area contributed by atoms with Gasteiger partial charge in [-0.2, -0.15) is 0 Å². The summed E-state index contributed by atoms with van der Waals surface area (Å²) in [5.74, 6) is -0.0758. The van der Waals surface area contributed by atoms with E-state index in [1.165, 1.54) is 0 Å². The molecule has 1 atom stereocenters. The Morgan fingerprint density at radius 2 is 2.00 bits per heavy atom. The van der Waals surface area contributed by atoms with E-state index in [1.807, 2.05) is 0 Å². The van der Waals surface area contributed by atoms with Crippen LogP contribution in [-0.2, 0) is 23.4 Å². The molecular weight excluding hydrogens is 212 g/mol. The van der Waals surface area contributed by atoms with Crippen LogP contribution in [0.2, 0.25) is 5.02 Å². The second kappa shape index (κ2) is 4.72. The monoisotopic (exact) mass is 219 g/mol. The van der Waals surface area contributed by atoms with E-state index in [-0.39, 0.29) is 12.4 Å². The number of halogens is 1. The van der Waals surface area contributed by atoms with Crippen molar-refractivity contribution in [1.82, 2.24) is 0 Å². The molecule has 1 aromatic carbocycles. The molecule has 13 heavy (non-hydrogen) atoms. The molecule has 0 aliphatic rings. The lowest BCUT2D eigenvalue weighted by Crippen LogP contribution is -1.95. The number of aliphatic hydroxyl groups is 1. The predicted octanol–water partition coefficient (Wildman–Crippen LogP) is 1.21. The fraction of sp³-hybridized carbons (Fsp3) is 0.250. The van der Waals surface area contributed by atoms with E-state index >= 15 is 0 Å². The van der Waals surface area contributed by atoms with Gasteiger partial charge in [0.2, 0.25) is 0 Å². The van der Waals surface area contributed by atoms with Gasteiger partial charge in [-0.1, -0.05) is 28.7 Å². The van der Waals surface area contributed by atoms with Gasteiger partial charge in [0, 0.05) is 10.8 Å². The Morgan fingerprint density at radius 3 is 2.54 bits per heavy atom. The molecule has 0 aromatic heterocycles. The highest BCUT2D eigenvalue weighted by Crippen LogP contribution is 2.16. The van der Waals surface area contributed by atoms with Gasteiger partial charge in [0.05, 0.1) is 6.61 Å². The van der Waals surface area contributed by atoms with Gasteiger partial charge in [0.1, 0.15) is 0 Å². The van der Waals surface area contributed by atoms with Crippen molar-refractivity contribution in [3.63, 3.8) is 0 Å². The summed E-state index contributed by atoms with van der Waals surface area (Å²) >= 11 is 3.57. The van der Waals surface area contributed by atoms with Gasteiger partial charge < -0.3 is 9.66 Å². The van der Waals surface area contributed by atoms with Crippen LogP contribution >= 0.6 is 11.6 Å². The van der Waals surface area contributed by atoms with E-state index in [1.54, 1.807) is 18.2 Å². The number of hydrogen-bond acceptors (Lipinski definition) is 3. The fourth-order valence-electron chi connectivity index (χ4n) is 1.03. The maximum atomic E-state index is 10.4. The maximum absolute atomic E-state index is 10.4. The second-order valence-electron chi connectivity index (χ2n) is 2.57. The van der Waals surface area contributed by atoms with E-state index in [0.29, 0.717) is 16.1 Å². The summed E-state index contributed by atoms with van der Waals surface area (Å²) in [5.41, 5.74) is 1.21. The molecule has 1 unspecified atom stereocenters. The molecule has 0 heterocycles. The number of aliphatic hydroxyl groups excluding tert-OH is 1. The van der Waals surface area contributed by atoms with Crippen LogP contribution in [0.1, 0.15) is 11.1 Å². The third-order valence-electron chi connectivity index (χ3n) is 1.48. The fourth-order valence-corrected chi connectivity index (χ4v) is 1.75. The lowest BCUT2D eigenvalue weighted by Gasteiger charge is -2.07. The van der Waals surface area contributed by atoms with Crippen LogP contribution in [0.5, 0.6) is 0 Å². The molecule has 0 spiro atoms. The summed E-state index contributed by atoms with van der Waals surface area (Å²) in [6, 6.07) is 4.77. The van der Waals surface area contributed by atoms with E-state index < -0.39 is 11.1 Å². The highest BCUT2D eigenvalue weighted by atomic mass is 35.5. The van der Waals surface area contributed by atoms with Crippen LogP contribution in [-0.4, -0.2) is 13.9 Å². The van der Waals surface area contributed by atoms with Crippen LogP contribution in [0.25, 0.3) is 0 Å². The van der Waals surface area contributed by atoms with Crippen molar-refractivity contribution < 1.29 is 13.9 Å². The third kappa shape index (κ3) is 3.44. The lowest BCUT2D eigenvalue weighted by atomic mass is 10.1. The van der Waals surface area contributed by atoms with Gasteiger partial charge in [-0.25, -0.2) is 0 Å². The third-order valence-corrected chi connectivity index (χ3v) is 2.27. The molecule has 3 nitrogen and oxygen atoms in total. The van der Waals surface area contributed by atoms with Gasteiger partial charge in [-0.15, -0.1) is 0 Å². The maximum Gasteiger partial charge on any atom is 0.0682 e. The topological polar surface area (TPSA) is 60.4 Å². The van der Waals surface area contributed by atoms with Gasteiger partial charge in [-0.05, 0) is 23.3 Å². The molecule has 0 fully saturated rings. The standard InChI is InChI=1S/C8H9ClO3S/c9-8-2-6(4-10)1-7(3-8)5-13(11)12/h1-3,10H,4-5H2,(H,11,12)/p-1. The highest BCUT2D eigenvalue weighted by Gasteiger charge is 1.98. The summed E-state index contributed by atoms with van der Waals surface area (Å²) in [4.78, 5) is 0. The Labute approximate surface area is 83.6 Å². The molecule has 0 saturated carbocycles. The molecule has 5 heteroatoms. The zero-order valence-corrected chi connectivity index (χ0v) is 8.27. The minimum atomic E-state index is -2.13. The first-order valence-corrected chi connectivity index (χ1v) is 5.19. The lowest BCUT2D eigenvalue weighted by molar-refractivity contribution is 0.282. The number of hydrogen-bond donors (Lipinski definition) is 1. The molecule has 1 rings (SSSR count). The highest BCUT2D eigenvalue weighted by molar-refractivity contribution is 7.78. The zero-order valence-electron chi connectivity index (χ0n) is 6.70. The quantitative estimate of drug-likeness (QED) is 0.778. The zero-order chi connectivity index (χ0) is 9.84. The van der Waals surface area contributed by atoms with E-state index in [0.717, 1.165) is 0 Å². The van der Waals surface area contributed by atoms with Gasteiger partial charge in [-0.3, -0.25) is 4.21 Å². The number of benzene rings is 1. The van der Waals surface area contributed by atoms with Gasteiger partial charge >= 0.3 is 0 Å². The second-order valence-corrected chi connectivity index (χ2v) is 3.91. The summed E-state index contributed by atoms with van der Waals surface area (Å²) in [7, 11) is 0. The molecule has 0 aliphatic heterocycles. The van der Waals surface area contributed by atoms with Crippen LogP contribution in [0.3, 0.4) is 0 Å². The minimum absolute atomic E-state index is 0.0758. The van der Waals surface area contributed by atoms with Crippen molar-refractivity contribution in [3.8, 4) is 0 Å². The Balaban J connectivity index is 2.94. The van der Waals surface area contributed by atoms with Crippen molar-refractivity contribution in [3.05, 3.63) is 34.3 Å². The minimum Gasteiger partial charge on any atom is -0.772 e. The van der Waals surface area contributed by atoms with Crippen molar-refractivity contribution in [2.24, 2.45) is 0 Å². The average Bonchev–Trinajstić information content (AvgIpc) is 2.01. The molecule has 0 saturated heterocycles. The first-order chi connectivity index (χ1) is 6.11. The molecular formula is C8H8ClO3S-. The average molecular weight is 220 g/mol. The van der Waals surface area contributed by atoms with Crippen LogP contribution < -0.4 is 0 Å². The van der Waals surface area contributed by atoms with Crippen molar-refractivity contribution in [2.45, 2.75) is 12.4 Å². The van der Waals surface area contributed by atoms with Crippen LogP contribution in [0.15, 0.2) is 18.2 Å². The smallest absolute Gasteiger partial charge is 0.0682 e.